The molecule has 5 rings (SSSR count). The second kappa shape index (κ2) is 13.9. The molecule has 0 spiro atoms. The Hall–Kier alpha value is -4.59. The van der Waals surface area contributed by atoms with Crippen molar-refractivity contribution in [3.8, 4) is 11.6 Å². The lowest BCUT2D eigenvalue weighted by molar-refractivity contribution is -0.274. The Bertz CT molecular complexity index is 2000. The molecule has 11 nitrogen and oxygen atoms in total. The van der Waals surface area contributed by atoms with E-state index in [9.17, 15) is 35.9 Å². The van der Waals surface area contributed by atoms with Crippen LogP contribution in [0.25, 0.3) is 5.82 Å². The Balaban J connectivity index is 1.43. The molecule has 5 aromatic rings. The summed E-state index contributed by atoms with van der Waals surface area (Å²) in [5, 5.41) is 16.9. The predicted molar refractivity (Wildman–Crippen MR) is 165 cm³/mol. The second-order valence-electron chi connectivity index (χ2n) is 10.1. The number of benzene rings is 2. The number of hydrogen-bond donors (Lipinski definition) is 1. The molecule has 2 aromatic carbocycles. The molecule has 0 aliphatic rings. The SMILES string of the molecule is Cc1cc(I)cc(C(=O)NCc2cccc(OC(F)(F)F)c2)c1CC(=O)c1cc(Cn2nnc(C(F)(F)F)n2)nn1-c1ncccc1Cl. The van der Waals surface area contributed by atoms with Gasteiger partial charge in [0.05, 0.1) is 10.7 Å². The van der Waals surface area contributed by atoms with Crippen LogP contribution < -0.4 is 10.1 Å². The van der Waals surface area contributed by atoms with Gasteiger partial charge in [-0.3, -0.25) is 9.59 Å². The van der Waals surface area contributed by atoms with Crippen molar-refractivity contribution in [1.82, 2.24) is 40.3 Å². The maximum absolute atomic E-state index is 13.9. The topological polar surface area (TPSA) is 130 Å². The summed E-state index contributed by atoms with van der Waals surface area (Å²) in [6, 6.07) is 12.8. The summed E-state index contributed by atoms with van der Waals surface area (Å²) in [5.74, 6) is -2.98. The fourth-order valence-corrected chi connectivity index (χ4v) is 5.54. The van der Waals surface area contributed by atoms with E-state index in [0.717, 1.165) is 16.8 Å². The number of nitrogens with zero attached hydrogens (tertiary/aromatic N) is 7. The lowest BCUT2D eigenvalue weighted by atomic mass is 9.95. The lowest BCUT2D eigenvalue weighted by Gasteiger charge is -2.15. The number of aromatic nitrogens is 7. The summed E-state index contributed by atoms with van der Waals surface area (Å²) in [7, 11) is 0. The molecule has 0 unspecified atom stereocenters. The molecule has 250 valence electrons. The van der Waals surface area contributed by atoms with Crippen molar-refractivity contribution in [3.63, 3.8) is 0 Å². The number of tetrazole rings is 1. The Morgan fingerprint density at radius 3 is 2.48 bits per heavy atom. The van der Waals surface area contributed by atoms with Crippen LogP contribution in [0.2, 0.25) is 5.02 Å². The van der Waals surface area contributed by atoms with E-state index in [0.29, 0.717) is 25.1 Å². The monoisotopic (exact) mass is 804 g/mol. The summed E-state index contributed by atoms with van der Waals surface area (Å²) >= 11 is 8.34. The highest BCUT2D eigenvalue weighted by Crippen LogP contribution is 2.27. The van der Waals surface area contributed by atoms with Gasteiger partial charge in [-0.15, -0.1) is 23.4 Å². The number of rotatable bonds is 10. The van der Waals surface area contributed by atoms with Crippen molar-refractivity contribution in [1.29, 1.82) is 0 Å². The van der Waals surface area contributed by atoms with Gasteiger partial charge in [0.15, 0.2) is 11.6 Å². The van der Waals surface area contributed by atoms with Crippen molar-refractivity contribution >= 4 is 45.9 Å². The fraction of sp³-hybridized carbons (Fsp3) is 0.207. The van der Waals surface area contributed by atoms with Gasteiger partial charge in [-0.05, 0) is 93.9 Å². The van der Waals surface area contributed by atoms with Crippen LogP contribution in [0.4, 0.5) is 26.3 Å². The van der Waals surface area contributed by atoms with Gasteiger partial charge < -0.3 is 10.1 Å². The summed E-state index contributed by atoms with van der Waals surface area (Å²) in [5.41, 5.74) is 1.45. The Labute approximate surface area is 285 Å². The molecule has 3 aromatic heterocycles. The van der Waals surface area contributed by atoms with E-state index in [1.807, 2.05) is 22.6 Å². The van der Waals surface area contributed by atoms with Crippen LogP contribution in [0.1, 0.15) is 49.1 Å². The lowest BCUT2D eigenvalue weighted by Crippen LogP contribution is -2.25. The first-order chi connectivity index (χ1) is 22.6. The van der Waals surface area contributed by atoms with Crippen molar-refractivity contribution < 1.29 is 40.7 Å². The summed E-state index contributed by atoms with van der Waals surface area (Å²) < 4.78 is 82.7. The highest BCUT2D eigenvalue weighted by atomic mass is 127. The van der Waals surface area contributed by atoms with Gasteiger partial charge in [0.2, 0.25) is 0 Å². The molecule has 0 aliphatic carbocycles. The standard InChI is InChI=1S/C29H20ClF6IN8O3/c1-15-8-17(37)10-21(26(47)39-13-16-4-2-5-19(9-16)48-29(34,35)36)20(15)12-24(46)23-11-18(14-44-42-27(40-43-44)28(31,32)33)41-45(23)25-22(30)6-3-7-38-25/h2-11H,12-14H2,1H3,(H,39,47). The van der Waals surface area contributed by atoms with Gasteiger partial charge in [-0.25, -0.2) is 9.67 Å². The van der Waals surface area contributed by atoms with Gasteiger partial charge in [0, 0.05) is 28.3 Å². The number of aryl methyl sites for hydroxylation is 1. The summed E-state index contributed by atoms with van der Waals surface area (Å²) in [6.45, 7) is 1.17. The first kappa shape index (κ1) is 34.7. The first-order valence-corrected chi connectivity index (χ1v) is 15.0. The van der Waals surface area contributed by atoms with Crippen molar-refractivity contribution in [2.45, 2.75) is 39.0 Å². The van der Waals surface area contributed by atoms with Crippen LogP contribution >= 0.6 is 34.2 Å². The maximum atomic E-state index is 13.9. The quantitative estimate of drug-likeness (QED) is 0.101. The minimum absolute atomic E-state index is 0.0486. The van der Waals surface area contributed by atoms with Crippen molar-refractivity contribution in [3.05, 3.63) is 109 Å². The number of alkyl halides is 6. The Morgan fingerprint density at radius 2 is 1.79 bits per heavy atom. The third-order valence-corrected chi connectivity index (χ3v) is 7.52. The average molecular weight is 805 g/mol. The number of nitrogens with one attached hydrogen (secondary N) is 1. The molecule has 0 saturated heterocycles. The van der Waals surface area contributed by atoms with Crippen LogP contribution in [0.3, 0.4) is 0 Å². The third kappa shape index (κ3) is 8.46. The number of Topliss-reactive ketones (excluding diaryl/α,β-unsaturated/α-hetero) is 1. The van der Waals surface area contributed by atoms with Crippen LogP contribution in [-0.4, -0.2) is 53.0 Å². The van der Waals surface area contributed by atoms with E-state index in [-0.39, 0.29) is 47.3 Å². The van der Waals surface area contributed by atoms with E-state index in [4.69, 9.17) is 11.6 Å². The molecule has 3 heterocycles. The molecule has 0 fully saturated rings. The maximum Gasteiger partial charge on any atom is 0.573 e. The molecular weight excluding hydrogens is 785 g/mol. The number of carbonyl (C=O) groups excluding carboxylic acids is 2. The molecule has 0 aliphatic heterocycles. The molecule has 19 heteroatoms. The highest BCUT2D eigenvalue weighted by molar-refractivity contribution is 14.1. The molecule has 0 saturated carbocycles. The number of halogens is 8. The normalized spacial score (nSPS) is 11.9. The highest BCUT2D eigenvalue weighted by Gasteiger charge is 2.37. The van der Waals surface area contributed by atoms with E-state index in [1.165, 1.54) is 30.5 Å². The van der Waals surface area contributed by atoms with Gasteiger partial charge in [0.25, 0.3) is 11.7 Å². The third-order valence-electron chi connectivity index (χ3n) is 6.60. The number of amides is 1. The molecule has 0 radical (unpaired) electrons. The van der Waals surface area contributed by atoms with Gasteiger partial charge in [-0.1, -0.05) is 23.7 Å². The number of pyridine rings is 1. The van der Waals surface area contributed by atoms with E-state index in [2.05, 4.69) is 35.5 Å². The van der Waals surface area contributed by atoms with Gasteiger partial charge in [-0.2, -0.15) is 23.1 Å². The minimum atomic E-state index is -4.89. The zero-order valence-corrected chi connectivity index (χ0v) is 27.2. The Kier molecular flexibility index (Phi) is 10.0. The number of carbonyl (C=O) groups is 2. The van der Waals surface area contributed by atoms with E-state index >= 15 is 0 Å². The van der Waals surface area contributed by atoms with Gasteiger partial charge >= 0.3 is 12.5 Å². The summed E-state index contributed by atoms with van der Waals surface area (Å²) in [6.07, 6.45) is -8.62. The molecule has 1 N–H and O–H groups in total. The number of ketones is 1. The second-order valence-corrected chi connectivity index (χ2v) is 11.8. The van der Waals surface area contributed by atoms with E-state index in [1.54, 1.807) is 25.1 Å². The first-order valence-electron chi connectivity index (χ1n) is 13.6. The largest absolute Gasteiger partial charge is 0.573 e. The van der Waals surface area contributed by atoms with Crippen LogP contribution in [0, 0.1) is 10.5 Å². The van der Waals surface area contributed by atoms with Gasteiger partial charge in [0.1, 0.15) is 18.0 Å². The molecule has 48 heavy (non-hydrogen) atoms. The number of hydrogen-bond acceptors (Lipinski definition) is 8. The zero-order valence-electron chi connectivity index (χ0n) is 24.3. The number of ether oxygens (including phenoxy) is 1. The molecule has 0 atom stereocenters. The molecular formula is C29H20ClF6IN8O3. The van der Waals surface area contributed by atoms with Crippen LogP contribution in [-0.2, 0) is 25.7 Å². The fourth-order valence-electron chi connectivity index (χ4n) is 4.56. The summed E-state index contributed by atoms with van der Waals surface area (Å²) in [4.78, 5) is 32.2. The van der Waals surface area contributed by atoms with E-state index < -0.39 is 35.8 Å². The van der Waals surface area contributed by atoms with Crippen LogP contribution in [0.5, 0.6) is 5.75 Å². The van der Waals surface area contributed by atoms with Crippen LogP contribution in [0.15, 0.2) is 60.8 Å². The van der Waals surface area contributed by atoms with Crippen molar-refractivity contribution in [2.75, 3.05) is 0 Å². The smallest absolute Gasteiger partial charge is 0.406 e. The van der Waals surface area contributed by atoms with Crippen molar-refractivity contribution in [2.24, 2.45) is 0 Å². The zero-order chi connectivity index (χ0) is 34.8. The predicted octanol–water partition coefficient (Wildman–Crippen LogP) is 6.14. The minimum Gasteiger partial charge on any atom is -0.406 e. The molecule has 0 bridgehead atoms. The molecule has 1 amide bonds. The average Bonchev–Trinajstić information content (AvgIpc) is 3.64. The Morgan fingerprint density at radius 1 is 1.02 bits per heavy atom.